The van der Waals surface area contributed by atoms with E-state index in [1.165, 1.54) is 0 Å². The van der Waals surface area contributed by atoms with Gasteiger partial charge in [-0.15, -0.1) is 0 Å². The fourth-order valence-electron chi connectivity index (χ4n) is 3.29. The molecule has 1 unspecified atom stereocenters. The Labute approximate surface area is 150 Å². The summed E-state index contributed by atoms with van der Waals surface area (Å²) in [5.74, 6) is 0.180. The first-order valence-corrected chi connectivity index (χ1v) is 9.10. The standard InChI is InChI=1S/C19H28BNO4/c1-18(2)19(3,4)25-20(24-18)16-11-8-12-21(13-16)17(22)23-14-15-9-6-5-7-10-15/h5-7,9-10,16H,8,11-14H2,1-4H3. The number of carbonyl (C=O) groups is 1. The molecule has 2 heterocycles. The zero-order chi connectivity index (χ0) is 18.1. The topological polar surface area (TPSA) is 48.0 Å². The van der Waals surface area contributed by atoms with Crippen LogP contribution in [-0.2, 0) is 20.7 Å². The molecular weight excluding hydrogens is 317 g/mol. The Morgan fingerprint density at radius 3 is 2.48 bits per heavy atom. The molecule has 1 aromatic carbocycles. The lowest BCUT2D eigenvalue weighted by Crippen LogP contribution is -2.43. The number of benzene rings is 1. The van der Waals surface area contributed by atoms with Gasteiger partial charge in [-0.2, -0.15) is 0 Å². The molecule has 3 rings (SSSR count). The molecule has 136 valence electrons. The largest absolute Gasteiger partial charge is 0.462 e. The zero-order valence-electron chi connectivity index (χ0n) is 15.7. The van der Waals surface area contributed by atoms with Crippen molar-refractivity contribution in [1.82, 2.24) is 4.90 Å². The first kappa shape index (κ1) is 18.3. The second kappa shape index (κ2) is 7.00. The lowest BCUT2D eigenvalue weighted by Gasteiger charge is -2.32. The van der Waals surface area contributed by atoms with Gasteiger partial charge in [-0.25, -0.2) is 4.79 Å². The average molecular weight is 345 g/mol. The molecule has 2 saturated heterocycles. The summed E-state index contributed by atoms with van der Waals surface area (Å²) in [6.45, 7) is 9.87. The van der Waals surface area contributed by atoms with Gasteiger partial charge in [-0.05, 0) is 46.1 Å². The minimum Gasteiger partial charge on any atom is -0.445 e. The second-order valence-corrected chi connectivity index (χ2v) is 8.01. The van der Waals surface area contributed by atoms with Crippen LogP contribution < -0.4 is 0 Å². The number of nitrogens with zero attached hydrogens (tertiary/aromatic N) is 1. The van der Waals surface area contributed by atoms with Crippen molar-refractivity contribution in [2.24, 2.45) is 0 Å². The average Bonchev–Trinajstić information content (AvgIpc) is 2.81. The predicted molar refractivity (Wildman–Crippen MR) is 97.3 cm³/mol. The minimum absolute atomic E-state index is 0.180. The van der Waals surface area contributed by atoms with Gasteiger partial charge in [0.15, 0.2) is 0 Å². The van der Waals surface area contributed by atoms with Gasteiger partial charge in [0.25, 0.3) is 0 Å². The van der Waals surface area contributed by atoms with E-state index in [-0.39, 0.29) is 30.2 Å². The molecule has 1 aromatic rings. The lowest BCUT2D eigenvalue weighted by molar-refractivity contribution is 0.00578. The first-order chi connectivity index (χ1) is 11.8. The fraction of sp³-hybridized carbons (Fsp3) is 0.632. The maximum Gasteiger partial charge on any atom is 0.462 e. The van der Waals surface area contributed by atoms with Gasteiger partial charge >= 0.3 is 13.2 Å². The molecule has 0 bridgehead atoms. The zero-order valence-corrected chi connectivity index (χ0v) is 15.7. The van der Waals surface area contributed by atoms with Crippen molar-refractivity contribution < 1.29 is 18.8 Å². The van der Waals surface area contributed by atoms with E-state index in [0.29, 0.717) is 13.2 Å². The van der Waals surface area contributed by atoms with E-state index in [9.17, 15) is 4.79 Å². The van der Waals surface area contributed by atoms with Crippen LogP contribution in [0.2, 0.25) is 5.82 Å². The number of ether oxygens (including phenoxy) is 1. The van der Waals surface area contributed by atoms with Crippen molar-refractivity contribution in [3.63, 3.8) is 0 Å². The van der Waals surface area contributed by atoms with Crippen molar-refractivity contribution in [3.8, 4) is 0 Å². The second-order valence-electron chi connectivity index (χ2n) is 8.01. The summed E-state index contributed by atoms with van der Waals surface area (Å²) in [6.07, 6.45) is 1.68. The maximum atomic E-state index is 12.4. The van der Waals surface area contributed by atoms with Crippen molar-refractivity contribution in [2.45, 2.75) is 64.2 Å². The molecule has 5 nitrogen and oxygen atoms in total. The monoisotopic (exact) mass is 345 g/mol. The predicted octanol–water partition coefficient (Wildman–Crippen LogP) is 3.88. The van der Waals surface area contributed by atoms with E-state index in [2.05, 4.69) is 27.7 Å². The van der Waals surface area contributed by atoms with E-state index in [1.54, 1.807) is 4.90 Å². The van der Waals surface area contributed by atoms with E-state index < -0.39 is 0 Å². The number of likely N-dealkylation sites (tertiary alicyclic amines) is 1. The van der Waals surface area contributed by atoms with Gasteiger partial charge in [0.1, 0.15) is 6.61 Å². The summed E-state index contributed by atoms with van der Waals surface area (Å²) in [5.41, 5.74) is 0.317. The van der Waals surface area contributed by atoms with Gasteiger partial charge in [-0.3, -0.25) is 0 Å². The normalized spacial score (nSPS) is 25.0. The Hall–Kier alpha value is -1.53. The molecule has 0 radical (unpaired) electrons. The Balaban J connectivity index is 1.55. The fourth-order valence-corrected chi connectivity index (χ4v) is 3.29. The molecule has 0 N–H and O–H groups in total. The SMILES string of the molecule is CC1(C)OB(C2CCCN(C(=O)OCc3ccccc3)C2)OC1(C)C. The number of piperidine rings is 1. The summed E-state index contributed by atoms with van der Waals surface area (Å²) in [4.78, 5) is 14.2. The van der Waals surface area contributed by atoms with Gasteiger partial charge < -0.3 is 18.9 Å². The summed E-state index contributed by atoms with van der Waals surface area (Å²) < 4.78 is 17.8. The Bertz CT molecular complexity index is 589. The van der Waals surface area contributed by atoms with Gasteiger partial charge in [0, 0.05) is 18.9 Å². The third-order valence-corrected chi connectivity index (χ3v) is 5.58. The van der Waals surface area contributed by atoms with Crippen LogP contribution in [0.15, 0.2) is 30.3 Å². The van der Waals surface area contributed by atoms with Crippen LogP contribution in [0, 0.1) is 0 Å². The summed E-state index contributed by atoms with van der Waals surface area (Å²) in [5, 5.41) is 0. The lowest BCUT2D eigenvalue weighted by atomic mass is 9.68. The van der Waals surface area contributed by atoms with E-state index in [4.69, 9.17) is 14.0 Å². The van der Waals surface area contributed by atoms with Crippen molar-refractivity contribution in [3.05, 3.63) is 35.9 Å². The highest BCUT2D eigenvalue weighted by molar-refractivity contribution is 6.47. The molecular formula is C19H28BNO4. The molecule has 0 saturated carbocycles. The summed E-state index contributed by atoms with van der Waals surface area (Å²) in [6, 6.07) is 9.75. The Kier molecular flexibility index (Phi) is 5.12. The Morgan fingerprint density at radius 1 is 1.20 bits per heavy atom. The number of carbonyl (C=O) groups excluding carboxylic acids is 1. The van der Waals surface area contributed by atoms with Gasteiger partial charge in [0.05, 0.1) is 11.2 Å². The molecule has 2 aliphatic rings. The molecule has 1 amide bonds. The third-order valence-electron chi connectivity index (χ3n) is 5.58. The molecule has 0 spiro atoms. The van der Waals surface area contributed by atoms with E-state index >= 15 is 0 Å². The van der Waals surface area contributed by atoms with Crippen LogP contribution in [0.5, 0.6) is 0 Å². The van der Waals surface area contributed by atoms with Crippen LogP contribution in [0.3, 0.4) is 0 Å². The van der Waals surface area contributed by atoms with Crippen LogP contribution >= 0.6 is 0 Å². The van der Waals surface area contributed by atoms with Crippen LogP contribution in [0.1, 0.15) is 46.1 Å². The number of rotatable bonds is 3. The molecule has 25 heavy (non-hydrogen) atoms. The van der Waals surface area contributed by atoms with Gasteiger partial charge in [0.2, 0.25) is 0 Å². The molecule has 2 aliphatic heterocycles. The van der Waals surface area contributed by atoms with Crippen molar-refractivity contribution >= 4 is 13.2 Å². The highest BCUT2D eigenvalue weighted by Crippen LogP contribution is 2.42. The summed E-state index contributed by atoms with van der Waals surface area (Å²) in [7, 11) is -0.269. The quantitative estimate of drug-likeness (QED) is 0.780. The first-order valence-electron chi connectivity index (χ1n) is 9.10. The number of hydrogen-bond acceptors (Lipinski definition) is 4. The minimum atomic E-state index is -0.340. The van der Waals surface area contributed by atoms with Gasteiger partial charge in [-0.1, -0.05) is 30.3 Å². The van der Waals surface area contributed by atoms with Crippen LogP contribution in [0.4, 0.5) is 4.79 Å². The molecule has 1 atom stereocenters. The molecule has 0 aliphatic carbocycles. The summed E-state index contributed by atoms with van der Waals surface area (Å²) >= 11 is 0. The van der Waals surface area contributed by atoms with E-state index in [1.807, 2.05) is 30.3 Å². The maximum absolute atomic E-state index is 12.4. The highest BCUT2D eigenvalue weighted by Gasteiger charge is 2.54. The van der Waals surface area contributed by atoms with E-state index in [0.717, 1.165) is 24.9 Å². The smallest absolute Gasteiger partial charge is 0.445 e. The molecule has 6 heteroatoms. The number of hydrogen-bond donors (Lipinski definition) is 0. The van der Waals surface area contributed by atoms with Crippen LogP contribution in [-0.4, -0.2) is 42.4 Å². The highest BCUT2D eigenvalue weighted by atomic mass is 16.7. The van der Waals surface area contributed by atoms with Crippen molar-refractivity contribution in [2.75, 3.05) is 13.1 Å². The molecule has 0 aromatic heterocycles. The number of amides is 1. The van der Waals surface area contributed by atoms with Crippen LogP contribution in [0.25, 0.3) is 0 Å². The third kappa shape index (κ3) is 4.01. The Morgan fingerprint density at radius 2 is 1.84 bits per heavy atom. The molecule has 2 fully saturated rings. The van der Waals surface area contributed by atoms with Crippen molar-refractivity contribution in [1.29, 1.82) is 0 Å².